The molecule has 1 aromatic rings. The maximum atomic E-state index is 5.58. The van der Waals surface area contributed by atoms with Crippen LogP contribution in [0.4, 0.5) is 5.69 Å². The summed E-state index contributed by atoms with van der Waals surface area (Å²) in [5.41, 5.74) is 2.41. The maximum absolute atomic E-state index is 5.58. The lowest BCUT2D eigenvalue weighted by molar-refractivity contribution is 1.13. The standard InChI is InChI=1S/C11H14ClN/c1-13(2)11-8-4-3-6-10(11)7-5-9-12/h3-8H,9H2,1-2H3. The summed E-state index contributed by atoms with van der Waals surface area (Å²) in [6.07, 6.45) is 3.99. The predicted octanol–water partition coefficient (Wildman–Crippen LogP) is 3.00. The Bertz CT molecular complexity index is 292. The Hall–Kier alpha value is -0.950. The normalized spacial score (nSPS) is 10.7. The molecule has 2 heteroatoms. The Morgan fingerprint density at radius 3 is 2.62 bits per heavy atom. The lowest BCUT2D eigenvalue weighted by atomic mass is 10.1. The summed E-state index contributed by atoms with van der Waals surface area (Å²) in [6.45, 7) is 0. The van der Waals surface area contributed by atoms with E-state index < -0.39 is 0 Å². The molecular formula is C11H14ClN. The molecule has 0 fully saturated rings. The van der Waals surface area contributed by atoms with Crippen LogP contribution in [0.15, 0.2) is 30.3 Å². The predicted molar refractivity (Wildman–Crippen MR) is 60.5 cm³/mol. The van der Waals surface area contributed by atoms with E-state index in [0.717, 1.165) is 0 Å². The molecule has 0 spiro atoms. The third-order valence-corrected chi connectivity index (χ3v) is 1.98. The fourth-order valence-corrected chi connectivity index (χ4v) is 1.30. The minimum atomic E-state index is 0.557. The van der Waals surface area contributed by atoms with Gasteiger partial charge in [-0.25, -0.2) is 0 Å². The van der Waals surface area contributed by atoms with E-state index in [2.05, 4.69) is 17.0 Å². The Labute approximate surface area is 84.6 Å². The fourth-order valence-electron chi connectivity index (χ4n) is 1.21. The van der Waals surface area contributed by atoms with E-state index in [1.165, 1.54) is 11.3 Å². The zero-order valence-corrected chi connectivity index (χ0v) is 8.75. The molecule has 1 nitrogen and oxygen atoms in total. The number of benzene rings is 1. The van der Waals surface area contributed by atoms with Gasteiger partial charge < -0.3 is 4.90 Å². The van der Waals surface area contributed by atoms with Gasteiger partial charge in [-0.1, -0.05) is 30.4 Å². The molecule has 0 saturated carbocycles. The van der Waals surface area contributed by atoms with Gasteiger partial charge in [0.15, 0.2) is 0 Å². The molecule has 0 atom stereocenters. The van der Waals surface area contributed by atoms with Crippen LogP contribution in [-0.4, -0.2) is 20.0 Å². The van der Waals surface area contributed by atoms with Crippen LogP contribution < -0.4 is 4.90 Å². The van der Waals surface area contributed by atoms with Gasteiger partial charge >= 0.3 is 0 Å². The van der Waals surface area contributed by atoms with Crippen molar-refractivity contribution in [2.75, 3.05) is 24.9 Å². The van der Waals surface area contributed by atoms with Crippen molar-refractivity contribution in [1.82, 2.24) is 0 Å². The van der Waals surface area contributed by atoms with Crippen LogP contribution >= 0.6 is 11.6 Å². The second-order valence-corrected chi connectivity index (χ2v) is 3.32. The molecule has 13 heavy (non-hydrogen) atoms. The van der Waals surface area contributed by atoms with Crippen molar-refractivity contribution in [3.8, 4) is 0 Å². The zero-order chi connectivity index (χ0) is 9.68. The smallest absolute Gasteiger partial charge is 0.0434 e. The monoisotopic (exact) mass is 195 g/mol. The lowest BCUT2D eigenvalue weighted by Crippen LogP contribution is -2.09. The first-order valence-electron chi connectivity index (χ1n) is 4.24. The largest absolute Gasteiger partial charge is 0.377 e. The molecule has 1 rings (SSSR count). The Balaban J connectivity index is 2.97. The summed E-state index contributed by atoms with van der Waals surface area (Å²) >= 11 is 5.58. The highest BCUT2D eigenvalue weighted by molar-refractivity contribution is 6.19. The highest BCUT2D eigenvalue weighted by Gasteiger charge is 1.98. The lowest BCUT2D eigenvalue weighted by Gasteiger charge is -2.15. The average Bonchev–Trinajstić information content (AvgIpc) is 2.15. The van der Waals surface area contributed by atoms with Crippen molar-refractivity contribution < 1.29 is 0 Å². The molecule has 0 amide bonds. The van der Waals surface area contributed by atoms with Gasteiger partial charge in [-0.3, -0.25) is 0 Å². The molecule has 0 aliphatic heterocycles. The van der Waals surface area contributed by atoms with Crippen LogP contribution in [0.1, 0.15) is 5.56 Å². The van der Waals surface area contributed by atoms with Crippen LogP contribution in [0.5, 0.6) is 0 Å². The van der Waals surface area contributed by atoms with Gasteiger partial charge in [0.1, 0.15) is 0 Å². The molecule has 0 aromatic heterocycles. The highest BCUT2D eigenvalue weighted by Crippen LogP contribution is 2.18. The summed E-state index contributed by atoms with van der Waals surface area (Å²) in [5, 5.41) is 0. The van der Waals surface area contributed by atoms with Gasteiger partial charge in [0.05, 0.1) is 0 Å². The Kier molecular flexibility index (Phi) is 3.84. The van der Waals surface area contributed by atoms with Crippen LogP contribution in [-0.2, 0) is 0 Å². The number of para-hydroxylation sites is 1. The Morgan fingerprint density at radius 2 is 2.00 bits per heavy atom. The zero-order valence-electron chi connectivity index (χ0n) is 8.00. The SMILES string of the molecule is CN(C)c1ccccc1C=CCCl. The van der Waals surface area contributed by atoms with E-state index >= 15 is 0 Å². The average molecular weight is 196 g/mol. The molecule has 0 N–H and O–H groups in total. The number of anilines is 1. The van der Waals surface area contributed by atoms with Gasteiger partial charge in [0, 0.05) is 25.7 Å². The van der Waals surface area contributed by atoms with Gasteiger partial charge in [-0.15, -0.1) is 11.6 Å². The number of nitrogens with zero attached hydrogens (tertiary/aromatic N) is 1. The second kappa shape index (κ2) is 4.93. The first kappa shape index (κ1) is 10.1. The second-order valence-electron chi connectivity index (χ2n) is 3.01. The highest BCUT2D eigenvalue weighted by atomic mass is 35.5. The topological polar surface area (TPSA) is 3.24 Å². The summed E-state index contributed by atoms with van der Waals surface area (Å²) in [6, 6.07) is 8.24. The summed E-state index contributed by atoms with van der Waals surface area (Å²) in [4.78, 5) is 2.09. The number of rotatable bonds is 3. The molecule has 0 heterocycles. The van der Waals surface area contributed by atoms with Crippen LogP contribution in [0.2, 0.25) is 0 Å². The number of alkyl halides is 1. The van der Waals surface area contributed by atoms with Crippen molar-refractivity contribution in [3.63, 3.8) is 0 Å². The van der Waals surface area contributed by atoms with Crippen LogP contribution in [0.3, 0.4) is 0 Å². The molecule has 0 radical (unpaired) electrons. The molecule has 0 saturated heterocycles. The number of hydrogen-bond donors (Lipinski definition) is 0. The molecular weight excluding hydrogens is 182 g/mol. The minimum absolute atomic E-state index is 0.557. The van der Waals surface area contributed by atoms with E-state index in [9.17, 15) is 0 Å². The van der Waals surface area contributed by atoms with Gasteiger partial charge in [-0.2, -0.15) is 0 Å². The van der Waals surface area contributed by atoms with E-state index in [4.69, 9.17) is 11.6 Å². The van der Waals surface area contributed by atoms with Crippen molar-refractivity contribution >= 4 is 23.4 Å². The molecule has 0 bridgehead atoms. The summed E-state index contributed by atoms with van der Waals surface area (Å²) in [5.74, 6) is 0.557. The van der Waals surface area contributed by atoms with Crippen molar-refractivity contribution in [1.29, 1.82) is 0 Å². The van der Waals surface area contributed by atoms with Gasteiger partial charge in [-0.05, 0) is 11.6 Å². The summed E-state index contributed by atoms with van der Waals surface area (Å²) < 4.78 is 0. The Morgan fingerprint density at radius 1 is 1.31 bits per heavy atom. The summed E-state index contributed by atoms with van der Waals surface area (Å²) in [7, 11) is 4.07. The van der Waals surface area contributed by atoms with Crippen molar-refractivity contribution in [2.24, 2.45) is 0 Å². The first-order valence-corrected chi connectivity index (χ1v) is 4.78. The molecule has 0 unspecified atom stereocenters. The van der Waals surface area contributed by atoms with E-state index in [0.29, 0.717) is 5.88 Å². The quantitative estimate of drug-likeness (QED) is 0.671. The number of hydrogen-bond acceptors (Lipinski definition) is 1. The number of halogens is 1. The molecule has 1 aromatic carbocycles. The van der Waals surface area contributed by atoms with E-state index in [-0.39, 0.29) is 0 Å². The molecule has 70 valence electrons. The third kappa shape index (κ3) is 2.78. The van der Waals surface area contributed by atoms with Gasteiger partial charge in [0.2, 0.25) is 0 Å². The van der Waals surface area contributed by atoms with E-state index in [1.54, 1.807) is 0 Å². The fraction of sp³-hybridized carbons (Fsp3) is 0.273. The third-order valence-electron chi connectivity index (χ3n) is 1.81. The molecule has 0 aliphatic carbocycles. The molecule has 0 aliphatic rings. The van der Waals surface area contributed by atoms with Crippen molar-refractivity contribution in [3.05, 3.63) is 35.9 Å². The van der Waals surface area contributed by atoms with Crippen molar-refractivity contribution in [2.45, 2.75) is 0 Å². The van der Waals surface area contributed by atoms with Gasteiger partial charge in [0.25, 0.3) is 0 Å². The minimum Gasteiger partial charge on any atom is -0.377 e. The maximum Gasteiger partial charge on any atom is 0.0434 e. The first-order chi connectivity index (χ1) is 6.25. The van der Waals surface area contributed by atoms with Crippen LogP contribution in [0, 0.1) is 0 Å². The van der Waals surface area contributed by atoms with E-state index in [1.807, 2.05) is 38.4 Å². The number of allylic oxidation sites excluding steroid dienone is 1. The van der Waals surface area contributed by atoms with Crippen LogP contribution in [0.25, 0.3) is 6.08 Å².